The van der Waals surface area contributed by atoms with Gasteiger partial charge in [-0.15, -0.1) is 0 Å². The molecule has 0 aliphatic carbocycles. The van der Waals surface area contributed by atoms with Gasteiger partial charge in [0.2, 0.25) is 0 Å². The SMILES string of the molecule is O=C(NC[C@@H]1C[C@@H]2O[C@H](CO)[C@@H](OCc3ccccc3)[C@H]2O1)c1ccc(NO)cc1. The van der Waals surface area contributed by atoms with Gasteiger partial charge in [0.25, 0.3) is 5.91 Å². The number of benzene rings is 2. The molecular weight excluding hydrogens is 388 g/mol. The van der Waals surface area contributed by atoms with Gasteiger partial charge in [-0.3, -0.25) is 15.5 Å². The maximum atomic E-state index is 12.3. The van der Waals surface area contributed by atoms with Crippen molar-refractivity contribution in [3.8, 4) is 0 Å². The van der Waals surface area contributed by atoms with Crippen molar-refractivity contribution in [2.75, 3.05) is 18.6 Å². The third-order valence-electron chi connectivity index (χ3n) is 5.48. The number of hydrogen-bond acceptors (Lipinski definition) is 7. The van der Waals surface area contributed by atoms with Crippen molar-refractivity contribution in [3.05, 3.63) is 65.7 Å². The third kappa shape index (κ3) is 4.63. The number of nitrogens with one attached hydrogen (secondary N) is 2. The number of anilines is 1. The van der Waals surface area contributed by atoms with Gasteiger partial charge in [-0.05, 0) is 29.8 Å². The van der Waals surface area contributed by atoms with Crippen molar-refractivity contribution in [2.45, 2.75) is 43.5 Å². The van der Waals surface area contributed by atoms with Crippen LogP contribution in [-0.2, 0) is 20.8 Å². The lowest BCUT2D eigenvalue weighted by molar-refractivity contribution is -0.0910. The summed E-state index contributed by atoms with van der Waals surface area (Å²) in [6.45, 7) is 0.637. The van der Waals surface area contributed by atoms with Crippen LogP contribution in [0.2, 0.25) is 0 Å². The molecule has 0 saturated carbocycles. The second-order valence-corrected chi connectivity index (χ2v) is 7.51. The van der Waals surface area contributed by atoms with Crippen LogP contribution in [0, 0.1) is 0 Å². The summed E-state index contributed by atoms with van der Waals surface area (Å²) in [5.74, 6) is -0.217. The molecule has 2 aromatic carbocycles. The summed E-state index contributed by atoms with van der Waals surface area (Å²) in [6.07, 6.45) is -0.787. The Labute approximate surface area is 174 Å². The lowest BCUT2D eigenvalue weighted by Crippen LogP contribution is -2.38. The molecule has 2 saturated heterocycles. The normalized spacial score (nSPS) is 27.6. The zero-order valence-corrected chi connectivity index (χ0v) is 16.4. The van der Waals surface area contributed by atoms with Crippen LogP contribution >= 0.6 is 0 Å². The first-order valence-corrected chi connectivity index (χ1v) is 10.0. The smallest absolute Gasteiger partial charge is 0.251 e. The van der Waals surface area contributed by atoms with Gasteiger partial charge >= 0.3 is 0 Å². The number of ether oxygens (including phenoxy) is 3. The number of rotatable bonds is 8. The summed E-state index contributed by atoms with van der Waals surface area (Å²) >= 11 is 0. The summed E-state index contributed by atoms with van der Waals surface area (Å²) in [6, 6.07) is 16.3. The van der Waals surface area contributed by atoms with E-state index < -0.39 is 6.10 Å². The molecule has 2 fully saturated rings. The number of carbonyl (C=O) groups is 1. The van der Waals surface area contributed by atoms with Crippen molar-refractivity contribution >= 4 is 11.6 Å². The highest BCUT2D eigenvalue weighted by molar-refractivity contribution is 5.94. The molecule has 2 heterocycles. The summed E-state index contributed by atoms with van der Waals surface area (Å²) in [5, 5.41) is 21.4. The number of carbonyl (C=O) groups excluding carboxylic acids is 1. The fourth-order valence-electron chi connectivity index (χ4n) is 3.95. The largest absolute Gasteiger partial charge is 0.394 e. The second kappa shape index (κ2) is 9.55. The molecule has 2 aliphatic heterocycles. The Kier molecular flexibility index (Phi) is 6.61. The van der Waals surface area contributed by atoms with Crippen LogP contribution in [0.3, 0.4) is 0 Å². The monoisotopic (exact) mass is 414 g/mol. The lowest BCUT2D eigenvalue weighted by Gasteiger charge is -2.23. The number of aliphatic hydroxyl groups is 1. The highest BCUT2D eigenvalue weighted by atomic mass is 16.6. The van der Waals surface area contributed by atoms with Crippen molar-refractivity contribution in [1.82, 2.24) is 5.32 Å². The summed E-state index contributed by atoms with van der Waals surface area (Å²) in [5.41, 5.74) is 4.08. The van der Waals surface area contributed by atoms with E-state index in [1.54, 1.807) is 24.3 Å². The molecule has 0 radical (unpaired) electrons. The van der Waals surface area contributed by atoms with Gasteiger partial charge in [0.1, 0.15) is 18.3 Å². The van der Waals surface area contributed by atoms with E-state index in [9.17, 15) is 9.90 Å². The number of amides is 1. The molecule has 1 amide bonds. The number of fused-ring (bicyclic) bond motifs is 1. The van der Waals surface area contributed by atoms with Crippen LogP contribution in [0.1, 0.15) is 22.3 Å². The first kappa shape index (κ1) is 20.8. The number of hydrogen-bond donors (Lipinski definition) is 4. The highest BCUT2D eigenvalue weighted by Gasteiger charge is 2.51. The van der Waals surface area contributed by atoms with E-state index in [4.69, 9.17) is 19.4 Å². The number of aliphatic hydroxyl groups excluding tert-OH is 1. The second-order valence-electron chi connectivity index (χ2n) is 7.51. The Bertz CT molecular complexity index is 831. The topological polar surface area (TPSA) is 109 Å². The van der Waals surface area contributed by atoms with Crippen LogP contribution in [0.15, 0.2) is 54.6 Å². The van der Waals surface area contributed by atoms with Gasteiger partial charge < -0.3 is 24.6 Å². The summed E-state index contributed by atoms with van der Waals surface area (Å²) < 4.78 is 18.1. The van der Waals surface area contributed by atoms with Crippen molar-refractivity contribution in [2.24, 2.45) is 0 Å². The molecule has 4 rings (SSSR count). The fraction of sp³-hybridized carbons (Fsp3) is 0.409. The van der Waals surface area contributed by atoms with Crippen molar-refractivity contribution < 1.29 is 29.3 Å². The molecule has 0 bridgehead atoms. The fourth-order valence-corrected chi connectivity index (χ4v) is 3.95. The average Bonchev–Trinajstić information content (AvgIpc) is 3.34. The van der Waals surface area contributed by atoms with Crippen LogP contribution in [0.5, 0.6) is 0 Å². The molecule has 8 nitrogen and oxygen atoms in total. The molecular formula is C22H26N2O6. The molecule has 30 heavy (non-hydrogen) atoms. The molecule has 2 aromatic rings. The molecule has 0 unspecified atom stereocenters. The van der Waals surface area contributed by atoms with E-state index in [2.05, 4.69) is 5.32 Å². The van der Waals surface area contributed by atoms with Gasteiger partial charge in [0.15, 0.2) is 0 Å². The molecule has 4 N–H and O–H groups in total. The Morgan fingerprint density at radius 2 is 1.87 bits per heavy atom. The molecule has 8 heteroatoms. The Hall–Kier alpha value is -2.49. The quantitative estimate of drug-likeness (QED) is 0.487. The minimum absolute atomic E-state index is 0.129. The van der Waals surface area contributed by atoms with E-state index >= 15 is 0 Å². The van der Waals surface area contributed by atoms with E-state index in [0.717, 1.165) is 5.56 Å². The average molecular weight is 414 g/mol. The predicted molar refractivity (Wildman–Crippen MR) is 108 cm³/mol. The molecule has 5 atom stereocenters. The Balaban J connectivity index is 1.30. The zero-order valence-electron chi connectivity index (χ0n) is 16.4. The maximum Gasteiger partial charge on any atom is 0.251 e. The van der Waals surface area contributed by atoms with Crippen LogP contribution in [0.4, 0.5) is 5.69 Å². The van der Waals surface area contributed by atoms with Gasteiger partial charge in [0.05, 0.1) is 31.1 Å². The maximum absolute atomic E-state index is 12.3. The first-order valence-electron chi connectivity index (χ1n) is 10.0. The van der Waals surface area contributed by atoms with Crippen LogP contribution in [-0.4, -0.2) is 59.9 Å². The van der Waals surface area contributed by atoms with Crippen molar-refractivity contribution in [3.63, 3.8) is 0 Å². The zero-order chi connectivity index (χ0) is 20.9. The predicted octanol–water partition coefficient (Wildman–Crippen LogP) is 1.72. The molecule has 160 valence electrons. The van der Waals surface area contributed by atoms with Gasteiger partial charge in [-0.2, -0.15) is 0 Å². The van der Waals surface area contributed by atoms with E-state index in [0.29, 0.717) is 30.8 Å². The summed E-state index contributed by atoms with van der Waals surface area (Å²) in [4.78, 5) is 12.3. The summed E-state index contributed by atoms with van der Waals surface area (Å²) in [7, 11) is 0. The van der Waals surface area contributed by atoms with Crippen molar-refractivity contribution in [1.29, 1.82) is 0 Å². The Morgan fingerprint density at radius 3 is 2.57 bits per heavy atom. The van der Waals surface area contributed by atoms with Gasteiger partial charge in [0, 0.05) is 18.5 Å². The Morgan fingerprint density at radius 1 is 1.10 bits per heavy atom. The lowest BCUT2D eigenvalue weighted by atomic mass is 10.1. The van der Waals surface area contributed by atoms with Gasteiger partial charge in [-0.1, -0.05) is 30.3 Å². The van der Waals surface area contributed by atoms with Crippen LogP contribution < -0.4 is 10.8 Å². The van der Waals surface area contributed by atoms with Crippen LogP contribution in [0.25, 0.3) is 0 Å². The van der Waals surface area contributed by atoms with E-state index in [1.807, 2.05) is 35.8 Å². The van der Waals surface area contributed by atoms with Gasteiger partial charge in [-0.25, -0.2) is 0 Å². The minimum atomic E-state index is -0.419. The molecule has 0 aromatic heterocycles. The van der Waals surface area contributed by atoms with E-state index in [-0.39, 0.29) is 36.9 Å². The highest BCUT2D eigenvalue weighted by Crippen LogP contribution is 2.36. The molecule has 2 aliphatic rings. The standard InChI is InChI=1S/C22H26N2O6/c25-12-19-20(28-13-14-4-2-1-3-5-14)21-18(30-19)10-17(29-21)11-23-22(26)15-6-8-16(24-27)9-7-15/h1-9,17-21,24-25,27H,10-13H2,(H,23,26)/t17-,18-,19+,20+,21-/m0/s1. The third-order valence-corrected chi connectivity index (χ3v) is 5.48. The minimum Gasteiger partial charge on any atom is -0.394 e. The first-order chi connectivity index (χ1) is 14.7. The molecule has 0 spiro atoms. The van der Waals surface area contributed by atoms with E-state index in [1.165, 1.54) is 0 Å².